The SMILES string of the molecule is N#Cc1ccc(-n2c(CN)n[nH]c2=O)cc1. The molecule has 0 saturated heterocycles. The summed E-state index contributed by atoms with van der Waals surface area (Å²) in [5.41, 5.74) is 6.29. The zero-order valence-electron chi connectivity index (χ0n) is 8.34. The number of nitrogens with two attached hydrogens (primary N) is 1. The average Bonchev–Trinajstić information content (AvgIpc) is 2.70. The van der Waals surface area contributed by atoms with Crippen LogP contribution in [0.25, 0.3) is 5.69 Å². The third-order valence-electron chi connectivity index (χ3n) is 2.18. The standard InChI is InChI=1S/C10H9N5O/c11-5-7-1-3-8(4-2-7)15-9(6-12)13-14-10(15)16/h1-4H,6,12H2,(H,14,16). The number of benzene rings is 1. The van der Waals surface area contributed by atoms with Crippen LogP contribution in [-0.4, -0.2) is 14.8 Å². The Balaban J connectivity index is 2.54. The van der Waals surface area contributed by atoms with E-state index in [2.05, 4.69) is 10.2 Å². The number of nitrogens with one attached hydrogen (secondary N) is 1. The van der Waals surface area contributed by atoms with E-state index in [0.717, 1.165) is 0 Å². The summed E-state index contributed by atoms with van der Waals surface area (Å²) in [6.45, 7) is 0.165. The Kier molecular flexibility index (Phi) is 2.54. The van der Waals surface area contributed by atoms with Gasteiger partial charge in [-0.25, -0.2) is 14.5 Å². The van der Waals surface area contributed by atoms with Gasteiger partial charge in [0.25, 0.3) is 0 Å². The van der Waals surface area contributed by atoms with Gasteiger partial charge < -0.3 is 5.73 Å². The Morgan fingerprint density at radius 2 is 2.12 bits per heavy atom. The topological polar surface area (TPSA) is 100 Å². The summed E-state index contributed by atoms with van der Waals surface area (Å²) in [7, 11) is 0. The fourth-order valence-electron chi connectivity index (χ4n) is 1.42. The van der Waals surface area contributed by atoms with Crippen molar-refractivity contribution in [3.63, 3.8) is 0 Å². The van der Waals surface area contributed by atoms with Gasteiger partial charge in [-0.2, -0.15) is 10.4 Å². The van der Waals surface area contributed by atoms with Crippen molar-refractivity contribution < 1.29 is 0 Å². The summed E-state index contributed by atoms with van der Waals surface area (Å²) in [6.07, 6.45) is 0. The van der Waals surface area contributed by atoms with Gasteiger partial charge in [0.15, 0.2) is 5.82 Å². The lowest BCUT2D eigenvalue weighted by Gasteiger charge is -2.03. The van der Waals surface area contributed by atoms with Gasteiger partial charge in [-0.3, -0.25) is 0 Å². The van der Waals surface area contributed by atoms with E-state index in [9.17, 15) is 4.79 Å². The molecule has 0 atom stereocenters. The molecule has 6 heteroatoms. The first-order valence-corrected chi connectivity index (χ1v) is 4.63. The van der Waals surface area contributed by atoms with Gasteiger partial charge in [0.2, 0.25) is 0 Å². The van der Waals surface area contributed by atoms with Crippen LogP contribution in [0.4, 0.5) is 0 Å². The van der Waals surface area contributed by atoms with Crippen LogP contribution < -0.4 is 11.4 Å². The second-order valence-corrected chi connectivity index (χ2v) is 3.14. The zero-order valence-corrected chi connectivity index (χ0v) is 8.34. The third kappa shape index (κ3) is 1.60. The molecule has 1 heterocycles. The number of H-pyrrole nitrogens is 1. The molecular formula is C10H9N5O. The smallest absolute Gasteiger partial charge is 0.324 e. The number of hydrogen-bond acceptors (Lipinski definition) is 4. The van der Waals surface area contributed by atoms with Gasteiger partial charge >= 0.3 is 5.69 Å². The second-order valence-electron chi connectivity index (χ2n) is 3.14. The van der Waals surface area contributed by atoms with Crippen molar-refractivity contribution in [2.75, 3.05) is 0 Å². The van der Waals surface area contributed by atoms with Crippen molar-refractivity contribution in [2.24, 2.45) is 5.73 Å². The van der Waals surface area contributed by atoms with Gasteiger partial charge in [-0.1, -0.05) is 0 Å². The van der Waals surface area contributed by atoms with E-state index in [1.807, 2.05) is 6.07 Å². The monoisotopic (exact) mass is 215 g/mol. The maximum atomic E-state index is 11.5. The van der Waals surface area contributed by atoms with Crippen LogP contribution >= 0.6 is 0 Å². The second kappa shape index (κ2) is 4.00. The fraction of sp³-hybridized carbons (Fsp3) is 0.100. The summed E-state index contributed by atoms with van der Waals surface area (Å²) in [5, 5.41) is 14.8. The predicted molar refractivity (Wildman–Crippen MR) is 56.8 cm³/mol. The summed E-state index contributed by atoms with van der Waals surface area (Å²) in [4.78, 5) is 11.5. The Labute approximate surface area is 90.9 Å². The maximum Gasteiger partial charge on any atom is 0.347 e. The van der Waals surface area contributed by atoms with E-state index in [1.54, 1.807) is 24.3 Å². The molecule has 0 fully saturated rings. The molecule has 0 spiro atoms. The first-order chi connectivity index (χ1) is 7.76. The Hall–Kier alpha value is -2.39. The Morgan fingerprint density at radius 3 is 2.69 bits per heavy atom. The minimum absolute atomic E-state index is 0.165. The van der Waals surface area contributed by atoms with E-state index in [-0.39, 0.29) is 12.2 Å². The molecule has 6 nitrogen and oxygen atoms in total. The lowest BCUT2D eigenvalue weighted by molar-refractivity contribution is 0.851. The van der Waals surface area contributed by atoms with Crippen LogP contribution in [0.15, 0.2) is 29.1 Å². The largest absolute Gasteiger partial charge is 0.347 e. The first kappa shape index (κ1) is 10.1. The molecule has 3 N–H and O–H groups in total. The number of hydrogen-bond donors (Lipinski definition) is 2. The van der Waals surface area contributed by atoms with Crippen LogP contribution in [-0.2, 0) is 6.54 Å². The van der Waals surface area contributed by atoms with Crippen LogP contribution in [0.2, 0.25) is 0 Å². The lowest BCUT2D eigenvalue weighted by Crippen LogP contribution is -2.18. The number of rotatable bonds is 2. The van der Waals surface area contributed by atoms with Gasteiger partial charge in [-0.05, 0) is 24.3 Å². The molecule has 2 aromatic rings. The Bertz CT molecular complexity index is 587. The normalized spacial score (nSPS) is 10.0. The van der Waals surface area contributed by atoms with Crippen molar-refractivity contribution in [2.45, 2.75) is 6.54 Å². The summed E-state index contributed by atoms with van der Waals surface area (Å²) < 4.78 is 1.38. The molecule has 0 aliphatic heterocycles. The molecule has 0 unspecified atom stereocenters. The quantitative estimate of drug-likeness (QED) is 0.729. The molecule has 0 aliphatic carbocycles. The molecule has 0 aliphatic rings. The zero-order chi connectivity index (χ0) is 11.5. The average molecular weight is 215 g/mol. The molecule has 1 aromatic heterocycles. The molecule has 0 saturated carbocycles. The molecule has 0 amide bonds. The Morgan fingerprint density at radius 1 is 1.44 bits per heavy atom. The van der Waals surface area contributed by atoms with Crippen LogP contribution in [0, 0.1) is 11.3 Å². The molecule has 80 valence electrons. The number of aromatic amines is 1. The van der Waals surface area contributed by atoms with Crippen molar-refractivity contribution in [3.05, 3.63) is 46.1 Å². The molecule has 0 bridgehead atoms. The first-order valence-electron chi connectivity index (χ1n) is 4.63. The highest BCUT2D eigenvalue weighted by Gasteiger charge is 2.08. The van der Waals surface area contributed by atoms with E-state index in [1.165, 1.54) is 4.57 Å². The highest BCUT2D eigenvalue weighted by atomic mass is 16.1. The highest BCUT2D eigenvalue weighted by Crippen LogP contribution is 2.08. The van der Waals surface area contributed by atoms with Crippen molar-refractivity contribution in [3.8, 4) is 11.8 Å². The van der Waals surface area contributed by atoms with Crippen molar-refractivity contribution in [1.82, 2.24) is 14.8 Å². The summed E-state index contributed by atoms with van der Waals surface area (Å²) >= 11 is 0. The van der Waals surface area contributed by atoms with E-state index < -0.39 is 0 Å². The number of aromatic nitrogens is 3. The third-order valence-corrected chi connectivity index (χ3v) is 2.18. The molecular weight excluding hydrogens is 206 g/mol. The number of nitrogens with zero attached hydrogens (tertiary/aromatic N) is 3. The van der Waals surface area contributed by atoms with Crippen molar-refractivity contribution in [1.29, 1.82) is 5.26 Å². The lowest BCUT2D eigenvalue weighted by atomic mass is 10.2. The fourth-order valence-corrected chi connectivity index (χ4v) is 1.42. The predicted octanol–water partition coefficient (Wildman–Crippen LogP) is -0.109. The van der Waals surface area contributed by atoms with Crippen LogP contribution in [0.5, 0.6) is 0 Å². The van der Waals surface area contributed by atoms with Gasteiger partial charge in [0.1, 0.15) is 0 Å². The summed E-state index contributed by atoms with van der Waals surface area (Å²) in [5.74, 6) is 0.453. The van der Waals surface area contributed by atoms with Crippen LogP contribution in [0.3, 0.4) is 0 Å². The van der Waals surface area contributed by atoms with E-state index in [4.69, 9.17) is 11.0 Å². The van der Waals surface area contributed by atoms with Crippen LogP contribution in [0.1, 0.15) is 11.4 Å². The van der Waals surface area contributed by atoms with Gasteiger partial charge in [0.05, 0.1) is 23.9 Å². The highest BCUT2D eigenvalue weighted by molar-refractivity contribution is 5.39. The number of nitriles is 1. The van der Waals surface area contributed by atoms with Crippen molar-refractivity contribution >= 4 is 0 Å². The maximum absolute atomic E-state index is 11.5. The van der Waals surface area contributed by atoms with Gasteiger partial charge in [0, 0.05) is 0 Å². The van der Waals surface area contributed by atoms with Gasteiger partial charge in [-0.15, -0.1) is 0 Å². The minimum Gasteiger partial charge on any atom is -0.324 e. The summed E-state index contributed by atoms with van der Waals surface area (Å²) in [6, 6.07) is 8.63. The minimum atomic E-state index is -0.342. The van der Waals surface area contributed by atoms with E-state index in [0.29, 0.717) is 17.1 Å². The molecule has 16 heavy (non-hydrogen) atoms. The molecule has 0 radical (unpaired) electrons. The van der Waals surface area contributed by atoms with E-state index >= 15 is 0 Å². The molecule has 2 rings (SSSR count). The molecule has 1 aromatic carbocycles.